The summed E-state index contributed by atoms with van der Waals surface area (Å²) in [7, 11) is 0. The third kappa shape index (κ3) is 5.78. The van der Waals surface area contributed by atoms with E-state index in [9.17, 15) is 0 Å². The van der Waals surface area contributed by atoms with Crippen LogP contribution in [0.25, 0.3) is 0 Å². The van der Waals surface area contributed by atoms with Crippen LogP contribution in [0.2, 0.25) is 0 Å². The first kappa shape index (κ1) is 18.1. The van der Waals surface area contributed by atoms with Gasteiger partial charge in [-0.15, -0.1) is 0 Å². The molecule has 0 spiro atoms. The third-order valence-electron chi connectivity index (χ3n) is 3.45. The van der Waals surface area contributed by atoms with Crippen LogP contribution in [0.5, 0.6) is 17.2 Å². The fourth-order valence-corrected chi connectivity index (χ4v) is 2.33. The molecule has 0 saturated heterocycles. The summed E-state index contributed by atoms with van der Waals surface area (Å²) in [5, 5.41) is 0. The zero-order valence-corrected chi connectivity index (χ0v) is 14.7. The van der Waals surface area contributed by atoms with E-state index in [1.54, 1.807) is 0 Å². The Kier molecular flexibility index (Phi) is 7.43. The molecule has 2 aromatic rings. The molecule has 0 radical (unpaired) electrons. The Balaban J connectivity index is 1.62. The van der Waals surface area contributed by atoms with E-state index < -0.39 is 0 Å². The molecule has 0 unspecified atom stereocenters. The fourth-order valence-electron chi connectivity index (χ4n) is 2.33. The molecule has 130 valence electrons. The van der Waals surface area contributed by atoms with Crippen molar-refractivity contribution in [3.8, 4) is 17.2 Å². The van der Waals surface area contributed by atoms with Crippen molar-refractivity contribution < 1.29 is 18.9 Å². The maximum absolute atomic E-state index is 5.72. The molecule has 0 aromatic heterocycles. The van der Waals surface area contributed by atoms with Crippen molar-refractivity contribution in [2.24, 2.45) is 0 Å². The van der Waals surface area contributed by atoms with E-state index in [0.717, 1.165) is 22.8 Å². The molecule has 4 nitrogen and oxygen atoms in total. The summed E-state index contributed by atoms with van der Waals surface area (Å²) in [6.45, 7) is 8.74. The molecule has 0 aliphatic carbocycles. The molecule has 0 fully saturated rings. The topological polar surface area (TPSA) is 36.9 Å². The number of benzene rings is 2. The third-order valence-corrected chi connectivity index (χ3v) is 3.45. The SMILES string of the molecule is CCOc1ccccc1OCCOCCOc1ccc(C)cc1C. The van der Waals surface area contributed by atoms with Crippen molar-refractivity contribution >= 4 is 0 Å². The smallest absolute Gasteiger partial charge is 0.161 e. The van der Waals surface area contributed by atoms with Crippen LogP contribution in [-0.2, 0) is 4.74 Å². The van der Waals surface area contributed by atoms with Gasteiger partial charge in [-0.3, -0.25) is 0 Å². The molecule has 0 aliphatic rings. The standard InChI is InChI=1S/C20H26O4/c1-4-22-19-7-5-6-8-20(19)24-14-12-21-11-13-23-18-10-9-16(2)15-17(18)3/h5-10,15H,4,11-14H2,1-3H3. The molecule has 4 heteroatoms. The highest BCUT2D eigenvalue weighted by Gasteiger charge is 2.03. The number of rotatable bonds is 10. The number of aryl methyl sites for hydroxylation is 2. The van der Waals surface area contributed by atoms with Gasteiger partial charge in [0.25, 0.3) is 0 Å². The van der Waals surface area contributed by atoms with E-state index in [-0.39, 0.29) is 0 Å². The normalized spacial score (nSPS) is 10.5. The van der Waals surface area contributed by atoms with Crippen LogP contribution < -0.4 is 14.2 Å². The fraction of sp³-hybridized carbons (Fsp3) is 0.400. The number of para-hydroxylation sites is 2. The van der Waals surface area contributed by atoms with Crippen molar-refractivity contribution in [2.45, 2.75) is 20.8 Å². The van der Waals surface area contributed by atoms with Crippen LogP contribution in [0.15, 0.2) is 42.5 Å². The van der Waals surface area contributed by atoms with E-state index in [4.69, 9.17) is 18.9 Å². The summed E-state index contributed by atoms with van der Waals surface area (Å²) in [4.78, 5) is 0. The van der Waals surface area contributed by atoms with E-state index in [1.165, 1.54) is 5.56 Å². The summed E-state index contributed by atoms with van der Waals surface area (Å²) in [5.41, 5.74) is 2.38. The Labute approximate surface area is 144 Å². The van der Waals surface area contributed by atoms with Crippen LogP contribution in [0.3, 0.4) is 0 Å². The van der Waals surface area contributed by atoms with Gasteiger partial charge in [-0.05, 0) is 44.5 Å². The molecular weight excluding hydrogens is 304 g/mol. The molecule has 2 aromatic carbocycles. The molecule has 0 amide bonds. The first-order chi connectivity index (χ1) is 11.7. The quantitative estimate of drug-likeness (QED) is 0.613. The summed E-state index contributed by atoms with van der Waals surface area (Å²) < 4.78 is 22.5. The predicted octanol–water partition coefficient (Wildman–Crippen LogP) is 4.18. The Morgan fingerprint density at radius 1 is 0.708 bits per heavy atom. The second-order valence-electron chi connectivity index (χ2n) is 5.46. The first-order valence-corrected chi connectivity index (χ1v) is 8.33. The summed E-state index contributed by atoms with van der Waals surface area (Å²) in [6, 6.07) is 13.8. The summed E-state index contributed by atoms with van der Waals surface area (Å²) >= 11 is 0. The van der Waals surface area contributed by atoms with Gasteiger partial charge in [0.1, 0.15) is 19.0 Å². The molecular formula is C20H26O4. The second kappa shape index (κ2) is 9.83. The van der Waals surface area contributed by atoms with Crippen molar-refractivity contribution in [3.63, 3.8) is 0 Å². The van der Waals surface area contributed by atoms with Crippen molar-refractivity contribution in [2.75, 3.05) is 33.0 Å². The lowest BCUT2D eigenvalue weighted by Crippen LogP contribution is -2.12. The maximum atomic E-state index is 5.72. The van der Waals surface area contributed by atoms with Gasteiger partial charge in [0.2, 0.25) is 0 Å². The highest BCUT2D eigenvalue weighted by molar-refractivity contribution is 5.39. The lowest BCUT2D eigenvalue weighted by Gasteiger charge is -2.12. The average molecular weight is 330 g/mol. The lowest BCUT2D eigenvalue weighted by atomic mass is 10.1. The van der Waals surface area contributed by atoms with Crippen LogP contribution >= 0.6 is 0 Å². The van der Waals surface area contributed by atoms with Gasteiger partial charge in [0.05, 0.1) is 19.8 Å². The monoisotopic (exact) mass is 330 g/mol. The zero-order chi connectivity index (χ0) is 17.2. The zero-order valence-electron chi connectivity index (χ0n) is 14.7. The van der Waals surface area contributed by atoms with Crippen LogP contribution in [0.1, 0.15) is 18.1 Å². The van der Waals surface area contributed by atoms with E-state index >= 15 is 0 Å². The number of hydrogen-bond donors (Lipinski definition) is 0. The van der Waals surface area contributed by atoms with Gasteiger partial charge in [-0.1, -0.05) is 29.8 Å². The Bertz CT molecular complexity index is 625. The highest BCUT2D eigenvalue weighted by Crippen LogP contribution is 2.26. The Morgan fingerprint density at radius 3 is 1.96 bits per heavy atom. The minimum Gasteiger partial charge on any atom is -0.491 e. The number of hydrogen-bond acceptors (Lipinski definition) is 4. The lowest BCUT2D eigenvalue weighted by molar-refractivity contribution is 0.0754. The molecule has 0 atom stereocenters. The van der Waals surface area contributed by atoms with Crippen molar-refractivity contribution in [1.29, 1.82) is 0 Å². The minimum atomic E-state index is 0.480. The van der Waals surface area contributed by atoms with Gasteiger partial charge in [0, 0.05) is 0 Å². The largest absolute Gasteiger partial charge is 0.491 e. The summed E-state index contributed by atoms with van der Waals surface area (Å²) in [6.07, 6.45) is 0. The van der Waals surface area contributed by atoms with Crippen molar-refractivity contribution in [1.82, 2.24) is 0 Å². The van der Waals surface area contributed by atoms with E-state index in [0.29, 0.717) is 33.0 Å². The maximum Gasteiger partial charge on any atom is 0.161 e. The van der Waals surface area contributed by atoms with Gasteiger partial charge in [-0.25, -0.2) is 0 Å². The Morgan fingerprint density at radius 2 is 1.33 bits per heavy atom. The van der Waals surface area contributed by atoms with Crippen molar-refractivity contribution in [3.05, 3.63) is 53.6 Å². The molecule has 24 heavy (non-hydrogen) atoms. The van der Waals surface area contributed by atoms with Gasteiger partial charge in [0.15, 0.2) is 11.5 Å². The molecule has 0 N–H and O–H groups in total. The molecule has 0 saturated carbocycles. The first-order valence-electron chi connectivity index (χ1n) is 8.33. The molecule has 0 heterocycles. The average Bonchev–Trinajstić information content (AvgIpc) is 2.57. The predicted molar refractivity (Wildman–Crippen MR) is 95.3 cm³/mol. The minimum absolute atomic E-state index is 0.480. The van der Waals surface area contributed by atoms with E-state index in [2.05, 4.69) is 13.0 Å². The van der Waals surface area contributed by atoms with Gasteiger partial charge >= 0.3 is 0 Å². The van der Waals surface area contributed by atoms with Gasteiger partial charge in [-0.2, -0.15) is 0 Å². The molecule has 2 rings (SSSR count). The molecule has 0 aliphatic heterocycles. The van der Waals surface area contributed by atoms with Crippen LogP contribution in [0, 0.1) is 13.8 Å². The second-order valence-corrected chi connectivity index (χ2v) is 5.46. The van der Waals surface area contributed by atoms with Crippen LogP contribution in [0.4, 0.5) is 0 Å². The highest BCUT2D eigenvalue weighted by atomic mass is 16.6. The van der Waals surface area contributed by atoms with E-state index in [1.807, 2.05) is 50.2 Å². The summed E-state index contributed by atoms with van der Waals surface area (Å²) in [5.74, 6) is 2.42. The number of ether oxygens (including phenoxy) is 4. The Hall–Kier alpha value is -2.20. The molecule has 0 bridgehead atoms. The van der Waals surface area contributed by atoms with Crippen LogP contribution in [-0.4, -0.2) is 33.0 Å². The van der Waals surface area contributed by atoms with Gasteiger partial charge < -0.3 is 18.9 Å².